The second-order valence-electron chi connectivity index (χ2n) is 6.74. The van der Waals surface area contributed by atoms with Gasteiger partial charge >= 0.3 is 0 Å². The maximum Gasteiger partial charge on any atom is 0.243 e. The van der Waals surface area contributed by atoms with Crippen LogP contribution in [0.5, 0.6) is 0 Å². The van der Waals surface area contributed by atoms with E-state index in [1.54, 1.807) is 12.2 Å². The lowest BCUT2D eigenvalue weighted by atomic mass is 10.1. The first-order chi connectivity index (χ1) is 12.2. The molecule has 0 aliphatic carbocycles. The van der Waals surface area contributed by atoms with Gasteiger partial charge in [0.05, 0.1) is 11.0 Å². The molecule has 1 atom stereocenters. The lowest BCUT2D eigenvalue weighted by Gasteiger charge is -2.14. The number of imidazole rings is 1. The van der Waals surface area contributed by atoms with Gasteiger partial charge in [0.1, 0.15) is 5.82 Å². The van der Waals surface area contributed by atoms with Crippen molar-refractivity contribution in [2.45, 2.75) is 59.4 Å². The van der Waals surface area contributed by atoms with Gasteiger partial charge < -0.3 is 9.88 Å². The first kappa shape index (κ1) is 19.2. The zero-order valence-corrected chi connectivity index (χ0v) is 15.8. The van der Waals surface area contributed by atoms with Gasteiger partial charge in [-0.15, -0.1) is 0 Å². The van der Waals surface area contributed by atoms with Crippen LogP contribution >= 0.6 is 0 Å². The SMILES string of the molecule is C/C=C/C(=O)NCCCCCc1nc2ccccc2n1CC(C)CC. The number of hydrogen-bond donors (Lipinski definition) is 1. The van der Waals surface area contributed by atoms with Crippen molar-refractivity contribution < 1.29 is 4.79 Å². The van der Waals surface area contributed by atoms with Gasteiger partial charge in [-0.25, -0.2) is 4.98 Å². The van der Waals surface area contributed by atoms with E-state index in [-0.39, 0.29) is 5.91 Å². The fraction of sp³-hybridized carbons (Fsp3) is 0.524. The summed E-state index contributed by atoms with van der Waals surface area (Å²) in [5.41, 5.74) is 2.34. The van der Waals surface area contributed by atoms with Crippen molar-refractivity contribution >= 4 is 16.9 Å². The molecule has 1 unspecified atom stereocenters. The second kappa shape index (κ2) is 10.0. The van der Waals surface area contributed by atoms with E-state index in [1.807, 2.05) is 6.92 Å². The minimum absolute atomic E-state index is 0.00199. The number of aromatic nitrogens is 2. The second-order valence-corrected chi connectivity index (χ2v) is 6.74. The Morgan fingerprint density at radius 2 is 2.08 bits per heavy atom. The molecule has 1 amide bonds. The van der Waals surface area contributed by atoms with Crippen LogP contribution in [0.2, 0.25) is 0 Å². The highest BCUT2D eigenvalue weighted by Gasteiger charge is 2.12. The number of fused-ring (bicyclic) bond motifs is 1. The number of para-hydroxylation sites is 2. The highest BCUT2D eigenvalue weighted by molar-refractivity contribution is 5.87. The number of aryl methyl sites for hydroxylation is 1. The van der Waals surface area contributed by atoms with Crippen LogP contribution in [0.4, 0.5) is 0 Å². The minimum atomic E-state index is -0.00199. The standard InChI is InChI=1S/C21H31N3O/c1-4-11-21(25)22-15-10-6-7-14-20-23-18-12-8-9-13-19(18)24(20)16-17(3)5-2/h4,8-9,11-13,17H,5-7,10,14-16H2,1-3H3,(H,22,25)/b11-4+. The van der Waals surface area contributed by atoms with Crippen LogP contribution in [-0.2, 0) is 17.8 Å². The number of carbonyl (C=O) groups is 1. The molecule has 4 nitrogen and oxygen atoms in total. The van der Waals surface area contributed by atoms with Crippen LogP contribution in [0.1, 0.15) is 52.3 Å². The topological polar surface area (TPSA) is 46.9 Å². The summed E-state index contributed by atoms with van der Waals surface area (Å²) in [4.78, 5) is 16.2. The third-order valence-corrected chi connectivity index (χ3v) is 4.62. The summed E-state index contributed by atoms with van der Waals surface area (Å²) < 4.78 is 2.40. The third-order valence-electron chi connectivity index (χ3n) is 4.62. The fourth-order valence-electron chi connectivity index (χ4n) is 2.97. The van der Waals surface area contributed by atoms with E-state index in [1.165, 1.54) is 17.8 Å². The quantitative estimate of drug-likeness (QED) is 0.511. The predicted molar refractivity (Wildman–Crippen MR) is 105 cm³/mol. The van der Waals surface area contributed by atoms with E-state index in [0.29, 0.717) is 5.92 Å². The molecule has 136 valence electrons. The van der Waals surface area contributed by atoms with E-state index in [0.717, 1.165) is 44.3 Å². The number of nitrogens with zero attached hydrogens (tertiary/aromatic N) is 2. The summed E-state index contributed by atoms with van der Waals surface area (Å²) in [7, 11) is 0. The molecule has 0 saturated carbocycles. The van der Waals surface area contributed by atoms with Gasteiger partial charge in [-0.1, -0.05) is 44.9 Å². The normalized spacial score (nSPS) is 12.8. The number of rotatable bonds is 10. The molecule has 4 heteroatoms. The Bertz CT molecular complexity index is 702. The molecule has 0 spiro atoms. The van der Waals surface area contributed by atoms with Crippen molar-refractivity contribution in [3.05, 3.63) is 42.2 Å². The zero-order valence-electron chi connectivity index (χ0n) is 15.8. The predicted octanol–water partition coefficient (Wildman–Crippen LogP) is 4.49. The lowest BCUT2D eigenvalue weighted by molar-refractivity contribution is -0.116. The monoisotopic (exact) mass is 341 g/mol. The van der Waals surface area contributed by atoms with Crippen molar-refractivity contribution in [3.8, 4) is 0 Å². The number of nitrogens with one attached hydrogen (secondary N) is 1. The molecule has 0 bridgehead atoms. The number of hydrogen-bond acceptors (Lipinski definition) is 2. The molecule has 1 aromatic heterocycles. The van der Waals surface area contributed by atoms with E-state index in [4.69, 9.17) is 4.98 Å². The van der Waals surface area contributed by atoms with Gasteiger partial charge in [-0.05, 0) is 43.9 Å². The fourth-order valence-corrected chi connectivity index (χ4v) is 2.97. The average molecular weight is 341 g/mol. The molecular formula is C21H31N3O. The van der Waals surface area contributed by atoms with Crippen LogP contribution < -0.4 is 5.32 Å². The number of allylic oxidation sites excluding steroid dienone is 1. The van der Waals surface area contributed by atoms with Crippen LogP contribution in [0.3, 0.4) is 0 Å². The molecule has 0 radical (unpaired) electrons. The van der Waals surface area contributed by atoms with Gasteiger partial charge in [0.2, 0.25) is 5.91 Å². The Balaban J connectivity index is 1.89. The summed E-state index contributed by atoms with van der Waals surface area (Å²) in [5.74, 6) is 1.84. The lowest BCUT2D eigenvalue weighted by Crippen LogP contribution is -2.22. The largest absolute Gasteiger partial charge is 0.353 e. The number of unbranched alkanes of at least 4 members (excludes halogenated alkanes) is 2. The van der Waals surface area contributed by atoms with E-state index < -0.39 is 0 Å². The summed E-state index contributed by atoms with van der Waals surface area (Å²) in [5, 5.41) is 2.90. The van der Waals surface area contributed by atoms with Crippen molar-refractivity contribution in [2.75, 3.05) is 6.54 Å². The van der Waals surface area contributed by atoms with E-state index in [9.17, 15) is 4.79 Å². The molecule has 2 aromatic rings. The number of amides is 1. The molecule has 1 aromatic carbocycles. The Morgan fingerprint density at radius 3 is 2.84 bits per heavy atom. The van der Waals surface area contributed by atoms with Crippen molar-refractivity contribution in [3.63, 3.8) is 0 Å². The first-order valence-corrected chi connectivity index (χ1v) is 9.50. The Hall–Kier alpha value is -2.10. The number of carbonyl (C=O) groups excluding carboxylic acids is 1. The van der Waals surface area contributed by atoms with Crippen molar-refractivity contribution in [2.24, 2.45) is 5.92 Å². The molecule has 1 heterocycles. The zero-order chi connectivity index (χ0) is 18.1. The maximum absolute atomic E-state index is 11.4. The first-order valence-electron chi connectivity index (χ1n) is 9.50. The van der Waals surface area contributed by atoms with Crippen molar-refractivity contribution in [1.82, 2.24) is 14.9 Å². The molecular weight excluding hydrogens is 310 g/mol. The molecule has 2 rings (SSSR count). The number of benzene rings is 1. The minimum Gasteiger partial charge on any atom is -0.353 e. The van der Waals surface area contributed by atoms with Gasteiger partial charge in [-0.2, -0.15) is 0 Å². The third kappa shape index (κ3) is 5.73. The van der Waals surface area contributed by atoms with E-state index >= 15 is 0 Å². The van der Waals surface area contributed by atoms with E-state index in [2.05, 4.69) is 48.0 Å². The summed E-state index contributed by atoms with van der Waals surface area (Å²) in [6, 6.07) is 8.42. The molecule has 1 N–H and O–H groups in total. The average Bonchev–Trinajstić information content (AvgIpc) is 2.95. The molecule has 0 aliphatic rings. The molecule has 0 saturated heterocycles. The van der Waals surface area contributed by atoms with Crippen molar-refractivity contribution in [1.29, 1.82) is 0 Å². The Labute approximate surface area is 151 Å². The highest BCUT2D eigenvalue weighted by atomic mass is 16.1. The highest BCUT2D eigenvalue weighted by Crippen LogP contribution is 2.20. The van der Waals surface area contributed by atoms with Crippen LogP contribution in [0.15, 0.2) is 36.4 Å². The summed E-state index contributed by atoms with van der Waals surface area (Å²) in [6.45, 7) is 8.17. The Kier molecular flexibility index (Phi) is 7.71. The molecule has 25 heavy (non-hydrogen) atoms. The Morgan fingerprint density at radius 1 is 1.28 bits per heavy atom. The summed E-state index contributed by atoms with van der Waals surface area (Å²) in [6.07, 6.45) is 8.71. The van der Waals surface area contributed by atoms with Crippen LogP contribution in [0, 0.1) is 5.92 Å². The maximum atomic E-state index is 11.4. The van der Waals surface area contributed by atoms with Gasteiger partial charge in [0, 0.05) is 19.5 Å². The molecule has 0 aliphatic heterocycles. The van der Waals surface area contributed by atoms with Gasteiger partial charge in [0.25, 0.3) is 0 Å². The smallest absolute Gasteiger partial charge is 0.243 e. The van der Waals surface area contributed by atoms with Crippen LogP contribution in [-0.4, -0.2) is 22.0 Å². The molecule has 0 fully saturated rings. The summed E-state index contributed by atoms with van der Waals surface area (Å²) >= 11 is 0. The van der Waals surface area contributed by atoms with Gasteiger partial charge in [0.15, 0.2) is 0 Å². The van der Waals surface area contributed by atoms with Gasteiger partial charge in [-0.3, -0.25) is 4.79 Å². The van der Waals surface area contributed by atoms with Crippen LogP contribution in [0.25, 0.3) is 11.0 Å².